The summed E-state index contributed by atoms with van der Waals surface area (Å²) in [4.78, 5) is 2.23. The molecule has 0 radical (unpaired) electrons. The summed E-state index contributed by atoms with van der Waals surface area (Å²) in [5.74, 6) is 3.07. The third-order valence-corrected chi connectivity index (χ3v) is 4.27. The van der Waals surface area contributed by atoms with Gasteiger partial charge in [-0.15, -0.1) is 0 Å². The van der Waals surface area contributed by atoms with E-state index >= 15 is 0 Å². The zero-order valence-electron chi connectivity index (χ0n) is 11.3. The average molecular weight is 259 g/mol. The van der Waals surface area contributed by atoms with Gasteiger partial charge in [-0.2, -0.15) is 10.2 Å². The van der Waals surface area contributed by atoms with Gasteiger partial charge in [-0.1, -0.05) is 6.92 Å². The van der Waals surface area contributed by atoms with Crippen molar-refractivity contribution in [3.8, 4) is 0 Å². The molecule has 0 saturated heterocycles. The molecule has 0 aromatic carbocycles. The maximum absolute atomic E-state index is 5.86. The first-order chi connectivity index (χ1) is 9.20. The lowest BCUT2D eigenvalue weighted by Crippen LogP contribution is -2.56. The number of hydrogen-bond donors (Lipinski definition) is 1. The third-order valence-electron chi connectivity index (χ3n) is 4.27. The van der Waals surface area contributed by atoms with E-state index in [-0.39, 0.29) is 6.17 Å². The highest BCUT2D eigenvalue weighted by Gasteiger charge is 2.46. The molecule has 100 valence electrons. The first-order valence-electron chi connectivity index (χ1n) is 6.73. The van der Waals surface area contributed by atoms with Crippen LogP contribution in [0.25, 0.3) is 0 Å². The smallest absolute Gasteiger partial charge is 0.159 e. The maximum atomic E-state index is 5.86. The molecular formula is C13H17N5O. The van der Waals surface area contributed by atoms with Crippen molar-refractivity contribution >= 4 is 17.9 Å². The number of rotatable bonds is 1. The van der Waals surface area contributed by atoms with Crippen LogP contribution < -0.4 is 10.3 Å². The molecule has 1 aromatic rings. The summed E-state index contributed by atoms with van der Waals surface area (Å²) in [6.45, 7) is 6.22. The molecular weight excluding hydrogens is 242 g/mol. The van der Waals surface area contributed by atoms with Gasteiger partial charge in [-0.25, -0.2) is 5.01 Å². The molecule has 4 heterocycles. The Hall–Kier alpha value is -1.98. The summed E-state index contributed by atoms with van der Waals surface area (Å²) in [6.07, 6.45) is 3.81. The topological polar surface area (TPSA) is 56.4 Å². The first kappa shape index (κ1) is 10.9. The van der Waals surface area contributed by atoms with E-state index in [1.165, 1.54) is 11.3 Å². The van der Waals surface area contributed by atoms with E-state index in [2.05, 4.69) is 34.4 Å². The Bertz CT molecular complexity index is 602. The van der Waals surface area contributed by atoms with Crippen molar-refractivity contribution in [3.05, 3.63) is 17.1 Å². The highest BCUT2D eigenvalue weighted by molar-refractivity contribution is 5.90. The molecule has 0 spiro atoms. The number of amidine groups is 1. The molecule has 0 fully saturated rings. The number of fused-ring (bicyclic) bond motifs is 5. The van der Waals surface area contributed by atoms with Crippen LogP contribution in [0.3, 0.4) is 0 Å². The van der Waals surface area contributed by atoms with Crippen molar-refractivity contribution in [1.82, 2.24) is 10.4 Å². The normalized spacial score (nSPS) is 27.0. The minimum atomic E-state index is 0.113. The lowest BCUT2D eigenvalue weighted by atomic mass is 10.1. The fourth-order valence-corrected chi connectivity index (χ4v) is 3.17. The number of hydrazone groups is 2. The van der Waals surface area contributed by atoms with Crippen LogP contribution in [0.5, 0.6) is 0 Å². The molecule has 6 nitrogen and oxygen atoms in total. The minimum absolute atomic E-state index is 0.113. The Kier molecular flexibility index (Phi) is 2.02. The summed E-state index contributed by atoms with van der Waals surface area (Å²) in [7, 11) is 0. The van der Waals surface area contributed by atoms with E-state index in [1.807, 2.05) is 18.3 Å². The van der Waals surface area contributed by atoms with Gasteiger partial charge >= 0.3 is 0 Å². The molecule has 0 aliphatic carbocycles. The van der Waals surface area contributed by atoms with Crippen molar-refractivity contribution < 1.29 is 4.42 Å². The molecule has 2 unspecified atom stereocenters. The van der Waals surface area contributed by atoms with E-state index in [0.29, 0.717) is 6.04 Å². The van der Waals surface area contributed by atoms with Crippen LogP contribution in [-0.2, 0) is 6.42 Å². The van der Waals surface area contributed by atoms with Crippen LogP contribution in [0.1, 0.15) is 30.4 Å². The van der Waals surface area contributed by atoms with Crippen LogP contribution in [0, 0.1) is 13.8 Å². The van der Waals surface area contributed by atoms with Gasteiger partial charge in [-0.3, -0.25) is 5.43 Å². The summed E-state index contributed by atoms with van der Waals surface area (Å²) in [6, 6.07) is 0.304. The molecule has 1 aromatic heterocycles. The number of hydrogen-bond acceptors (Lipinski definition) is 6. The fourth-order valence-electron chi connectivity index (χ4n) is 3.17. The van der Waals surface area contributed by atoms with E-state index < -0.39 is 0 Å². The first-order valence-corrected chi connectivity index (χ1v) is 6.73. The lowest BCUT2D eigenvalue weighted by molar-refractivity contribution is 0.252. The summed E-state index contributed by atoms with van der Waals surface area (Å²) < 4.78 is 5.86. The molecule has 0 bridgehead atoms. The van der Waals surface area contributed by atoms with Crippen molar-refractivity contribution in [3.63, 3.8) is 0 Å². The molecule has 0 amide bonds. The second-order valence-corrected chi connectivity index (χ2v) is 5.26. The SMILES string of the molecule is CCC1=NNC2C3Cc4oc(C)c(C)c4N3C=NN12. The molecule has 19 heavy (non-hydrogen) atoms. The zero-order valence-corrected chi connectivity index (χ0v) is 11.3. The molecule has 4 rings (SSSR count). The Balaban J connectivity index is 1.73. The molecule has 3 aliphatic heterocycles. The van der Waals surface area contributed by atoms with Crippen molar-refractivity contribution in [2.24, 2.45) is 10.2 Å². The predicted molar refractivity (Wildman–Crippen MR) is 73.1 cm³/mol. The molecule has 0 saturated carbocycles. The highest BCUT2D eigenvalue weighted by Crippen LogP contribution is 2.41. The van der Waals surface area contributed by atoms with Crippen molar-refractivity contribution in [1.29, 1.82) is 0 Å². The van der Waals surface area contributed by atoms with Crippen LogP contribution >= 0.6 is 0 Å². The summed E-state index contributed by atoms with van der Waals surface area (Å²) in [5, 5.41) is 10.9. The van der Waals surface area contributed by atoms with Crippen LogP contribution in [0.4, 0.5) is 5.69 Å². The largest absolute Gasteiger partial charge is 0.464 e. The monoisotopic (exact) mass is 259 g/mol. The highest BCUT2D eigenvalue weighted by atomic mass is 16.3. The Labute approximate surface area is 111 Å². The standard InChI is InChI=1S/C13H17N5O/c1-4-11-15-16-13-9-5-10-12(7(2)8(3)19-10)17(9)6-14-18(11)13/h6,9,13,16H,4-5H2,1-3H3. The van der Waals surface area contributed by atoms with E-state index in [0.717, 1.165) is 30.2 Å². The van der Waals surface area contributed by atoms with Crippen molar-refractivity contribution in [2.45, 2.75) is 45.8 Å². The average Bonchev–Trinajstić information content (AvgIpc) is 3.03. The molecule has 1 N–H and O–H groups in total. The summed E-state index contributed by atoms with van der Waals surface area (Å²) >= 11 is 0. The molecule has 6 heteroatoms. The second-order valence-electron chi connectivity index (χ2n) is 5.26. The van der Waals surface area contributed by atoms with Gasteiger partial charge in [0.1, 0.15) is 23.7 Å². The number of nitrogens with one attached hydrogen (secondary N) is 1. The summed E-state index contributed by atoms with van der Waals surface area (Å²) in [5.41, 5.74) is 5.61. The van der Waals surface area contributed by atoms with Crippen molar-refractivity contribution in [2.75, 3.05) is 4.90 Å². The minimum Gasteiger partial charge on any atom is -0.464 e. The maximum Gasteiger partial charge on any atom is 0.159 e. The van der Waals surface area contributed by atoms with Gasteiger partial charge in [0, 0.05) is 18.4 Å². The van der Waals surface area contributed by atoms with Crippen LogP contribution in [0.2, 0.25) is 0 Å². The van der Waals surface area contributed by atoms with Crippen LogP contribution in [-0.4, -0.2) is 29.4 Å². The van der Waals surface area contributed by atoms with Crippen LogP contribution in [0.15, 0.2) is 14.6 Å². The van der Waals surface area contributed by atoms with E-state index in [1.54, 1.807) is 0 Å². The number of aryl methyl sites for hydroxylation is 1. The third kappa shape index (κ3) is 1.26. The second kappa shape index (κ2) is 3.53. The Morgan fingerprint density at radius 2 is 2.32 bits per heavy atom. The van der Waals surface area contributed by atoms with Gasteiger partial charge in [-0.05, 0) is 13.8 Å². The number of nitrogens with zero attached hydrogens (tertiary/aromatic N) is 4. The fraction of sp³-hybridized carbons (Fsp3) is 0.538. The predicted octanol–water partition coefficient (Wildman–Crippen LogP) is 1.54. The van der Waals surface area contributed by atoms with Gasteiger partial charge in [0.2, 0.25) is 0 Å². The van der Waals surface area contributed by atoms with Gasteiger partial charge in [0.25, 0.3) is 0 Å². The Morgan fingerprint density at radius 1 is 1.47 bits per heavy atom. The van der Waals surface area contributed by atoms with Gasteiger partial charge in [0.05, 0.1) is 11.7 Å². The zero-order chi connectivity index (χ0) is 13.1. The quantitative estimate of drug-likeness (QED) is 0.831. The van der Waals surface area contributed by atoms with E-state index in [4.69, 9.17) is 4.42 Å². The Morgan fingerprint density at radius 3 is 3.11 bits per heavy atom. The number of anilines is 1. The lowest BCUT2D eigenvalue weighted by Gasteiger charge is -2.36. The molecule has 2 atom stereocenters. The van der Waals surface area contributed by atoms with Gasteiger partial charge < -0.3 is 9.32 Å². The van der Waals surface area contributed by atoms with E-state index in [9.17, 15) is 0 Å². The number of furan rings is 1. The van der Waals surface area contributed by atoms with Gasteiger partial charge in [0.15, 0.2) is 6.17 Å². The molecule has 3 aliphatic rings.